The third kappa shape index (κ3) is 15.3. The van der Waals surface area contributed by atoms with Gasteiger partial charge in [-0.2, -0.15) is 26.3 Å². The lowest BCUT2D eigenvalue weighted by Gasteiger charge is -2.39. The van der Waals surface area contributed by atoms with Gasteiger partial charge in [-0.05, 0) is 32.1 Å². The molecule has 0 aliphatic carbocycles. The lowest BCUT2D eigenvalue weighted by Crippen LogP contribution is -2.50. The summed E-state index contributed by atoms with van der Waals surface area (Å²) in [5.74, 6) is 0. The van der Waals surface area contributed by atoms with Crippen LogP contribution in [0.25, 0.3) is 0 Å². The van der Waals surface area contributed by atoms with Crippen LogP contribution in [0.4, 0.5) is 26.3 Å². The molecule has 0 heterocycles. The van der Waals surface area contributed by atoms with E-state index < -0.39 is 35.2 Å². The second-order valence-corrected chi connectivity index (χ2v) is 12.3. The summed E-state index contributed by atoms with van der Waals surface area (Å²) in [7, 11) is -13.2. The van der Waals surface area contributed by atoms with Crippen molar-refractivity contribution in [3.8, 4) is 0 Å². The number of alkyl halides is 6. The van der Waals surface area contributed by atoms with Crippen molar-refractivity contribution in [3.63, 3.8) is 0 Å². The quantitative estimate of drug-likeness (QED) is 0.125. The molecule has 6 nitrogen and oxygen atoms in total. The molecule has 0 aromatic carbocycles. The molecule has 0 saturated carbocycles. The molecule has 0 aliphatic rings. The van der Waals surface area contributed by atoms with E-state index in [1.165, 1.54) is 101 Å². The van der Waals surface area contributed by atoms with Gasteiger partial charge in [0.25, 0.3) is 0 Å². The van der Waals surface area contributed by atoms with Crippen LogP contribution >= 0.6 is 0 Å². The third-order valence-corrected chi connectivity index (χ3v) is 8.50. The summed E-state index contributed by atoms with van der Waals surface area (Å²) in [4.78, 5) is 0. The molecule has 0 unspecified atom stereocenters. The maximum absolute atomic E-state index is 11.5. The number of rotatable bonds is 17. The van der Waals surface area contributed by atoms with Gasteiger partial charge in [-0.3, -0.25) is 0 Å². The molecule has 0 fully saturated rings. The fourth-order valence-corrected chi connectivity index (χ4v) is 5.35. The molecule has 0 rings (SSSR count). The van der Waals surface area contributed by atoms with E-state index in [2.05, 4.69) is 27.7 Å². The average molecular weight is 566 g/mol. The van der Waals surface area contributed by atoms with Crippen LogP contribution in [0.1, 0.15) is 98.3 Å². The Hall–Kier alpha value is -0.600. The van der Waals surface area contributed by atoms with Crippen molar-refractivity contribution in [2.24, 2.45) is 0 Å². The van der Waals surface area contributed by atoms with Gasteiger partial charge < -0.3 is 4.48 Å². The number of hydrogen-bond acceptors (Lipinski definition) is 4. The first-order valence-corrected chi connectivity index (χ1v) is 15.2. The van der Waals surface area contributed by atoms with Crippen LogP contribution in [0.5, 0.6) is 0 Å². The molecule has 14 heteroatoms. The highest BCUT2D eigenvalue weighted by molar-refractivity contribution is 8.05. The summed E-state index contributed by atoms with van der Waals surface area (Å²) in [6.45, 7) is 15.1. The highest BCUT2D eigenvalue weighted by atomic mass is 32.3. The van der Waals surface area contributed by atoms with E-state index >= 15 is 0 Å². The van der Waals surface area contributed by atoms with Gasteiger partial charge in [0.05, 0.1) is 26.2 Å². The summed E-state index contributed by atoms with van der Waals surface area (Å²) in [5, 5.41) is 0. The Labute approximate surface area is 207 Å². The van der Waals surface area contributed by atoms with Gasteiger partial charge in [0.1, 0.15) is 0 Å². The molecule has 0 radical (unpaired) electrons. The molecule has 0 atom stereocenters. The highest BCUT2D eigenvalue weighted by Crippen LogP contribution is 2.27. The number of unbranched alkanes of at least 4 members (excludes halogenated alkanes) is 7. The summed E-state index contributed by atoms with van der Waals surface area (Å²) >= 11 is 0. The van der Waals surface area contributed by atoms with E-state index in [1.54, 1.807) is 0 Å². The predicted molar refractivity (Wildman–Crippen MR) is 126 cm³/mol. The summed E-state index contributed by atoms with van der Waals surface area (Å²) in [6.07, 6.45) is 15.5. The van der Waals surface area contributed by atoms with E-state index in [0.29, 0.717) is 0 Å². The van der Waals surface area contributed by atoms with Crippen molar-refractivity contribution in [3.05, 3.63) is 0 Å². The Balaban J connectivity index is 0. The third-order valence-electron chi connectivity index (χ3n) is 5.52. The van der Waals surface area contributed by atoms with E-state index in [9.17, 15) is 43.2 Å². The Kier molecular flexibility index (Phi) is 17.8. The molecule has 35 heavy (non-hydrogen) atoms. The zero-order chi connectivity index (χ0) is 27.8. The smallest absolute Gasteiger partial charge is 0.324 e. The van der Waals surface area contributed by atoms with E-state index in [0.717, 1.165) is 0 Å². The van der Waals surface area contributed by atoms with Crippen molar-refractivity contribution < 1.29 is 47.7 Å². The number of quaternary nitrogens is 1. The fourth-order valence-electron chi connectivity index (χ4n) is 3.44. The lowest BCUT2D eigenvalue weighted by molar-refractivity contribution is -0.929. The molecule has 1 N–H and O–H groups in total. The Morgan fingerprint density at radius 2 is 0.800 bits per heavy atom. The number of sulfonamides is 2. The molecule has 0 aromatic heterocycles. The van der Waals surface area contributed by atoms with Crippen LogP contribution in [-0.2, 0) is 20.0 Å². The summed E-state index contributed by atoms with van der Waals surface area (Å²) in [5.41, 5.74) is -12.3. The number of nitrogens with zero attached hydrogens (tertiary/aromatic N) is 1. The fraction of sp³-hybridized carbons (Fsp3) is 1.00. The van der Waals surface area contributed by atoms with Gasteiger partial charge >= 0.3 is 31.1 Å². The van der Waals surface area contributed by atoms with Gasteiger partial charge in [-0.15, -0.1) is 0 Å². The van der Waals surface area contributed by atoms with Crippen LogP contribution < -0.4 is 4.13 Å². The lowest BCUT2D eigenvalue weighted by atomic mass is 10.1. The van der Waals surface area contributed by atoms with E-state index in [-0.39, 0.29) is 0 Å². The van der Waals surface area contributed by atoms with Gasteiger partial charge in [0, 0.05) is 0 Å². The largest absolute Gasteiger partial charge is 0.512 e. The van der Waals surface area contributed by atoms with E-state index in [4.69, 9.17) is 0 Å². The number of halogens is 6. The molecule has 0 aliphatic heterocycles. The number of hydrogen-bond donors (Lipinski definition) is 1. The standard InChI is InChI=1S/C19H42N.C2HF6NO4S2/c1-5-9-13-14-15-19-20(16-10-6-2,17-11-7-3)18-12-8-4;3-1(4,5)14(10,11)9-15(12,13)2(6,7)8/h5-19H2,1-4H3;9H/q+1;. The molecule has 0 spiro atoms. The first-order chi connectivity index (χ1) is 15.9. The van der Waals surface area contributed by atoms with Crippen molar-refractivity contribution >= 4 is 20.0 Å². The molecule has 0 bridgehead atoms. The van der Waals surface area contributed by atoms with Crippen LogP contribution in [0, 0.1) is 0 Å². The first kappa shape index (κ1) is 36.6. The highest BCUT2D eigenvalue weighted by Gasteiger charge is 2.55. The van der Waals surface area contributed by atoms with Crippen LogP contribution in [0.2, 0.25) is 0 Å². The normalized spacial score (nSPS) is 13.4. The van der Waals surface area contributed by atoms with Crippen LogP contribution in [-0.4, -0.2) is 58.5 Å². The minimum absolute atomic E-state index is 0.493. The molecule has 0 saturated heterocycles. The second kappa shape index (κ2) is 17.0. The van der Waals surface area contributed by atoms with E-state index in [1.807, 2.05) is 0 Å². The second-order valence-electron chi connectivity index (χ2n) is 8.69. The molecular weight excluding hydrogens is 522 g/mol. The maximum Gasteiger partial charge on any atom is 0.512 e. The van der Waals surface area contributed by atoms with Crippen molar-refractivity contribution in [2.75, 3.05) is 26.2 Å². The molecule has 0 aromatic rings. The molecule has 0 amide bonds. The minimum atomic E-state index is -6.60. The van der Waals surface area contributed by atoms with Gasteiger partial charge in [-0.1, -0.05) is 70.3 Å². The Morgan fingerprint density at radius 1 is 0.514 bits per heavy atom. The maximum atomic E-state index is 11.5. The van der Waals surface area contributed by atoms with Crippen molar-refractivity contribution in [2.45, 2.75) is 109 Å². The van der Waals surface area contributed by atoms with Crippen LogP contribution in [0.3, 0.4) is 0 Å². The van der Waals surface area contributed by atoms with Crippen LogP contribution in [0.15, 0.2) is 0 Å². The zero-order valence-corrected chi connectivity index (χ0v) is 22.9. The van der Waals surface area contributed by atoms with Crippen molar-refractivity contribution in [1.82, 2.24) is 4.13 Å². The SMILES string of the molecule is CCCCCCC[N+](CCCC)(CCCC)CCCC.O=S(=O)(NS(=O)(=O)C(F)(F)F)C(F)(F)F. The topological polar surface area (TPSA) is 80.3 Å². The van der Waals surface area contributed by atoms with Gasteiger partial charge in [0.15, 0.2) is 0 Å². The van der Waals surface area contributed by atoms with Gasteiger partial charge in [-0.25, -0.2) is 16.8 Å². The summed E-state index contributed by atoms with van der Waals surface area (Å²) in [6, 6.07) is 0. The molecule has 214 valence electrons. The minimum Gasteiger partial charge on any atom is -0.324 e. The van der Waals surface area contributed by atoms with Crippen molar-refractivity contribution in [1.29, 1.82) is 0 Å². The zero-order valence-electron chi connectivity index (χ0n) is 21.3. The predicted octanol–water partition coefficient (Wildman–Crippen LogP) is 6.45. The Morgan fingerprint density at radius 3 is 1.09 bits per heavy atom. The number of nitrogens with one attached hydrogen (secondary N) is 1. The summed E-state index contributed by atoms with van der Waals surface area (Å²) < 4.78 is 110. The first-order valence-electron chi connectivity index (χ1n) is 12.2. The Bertz CT molecular complexity index is 691. The average Bonchev–Trinajstić information content (AvgIpc) is 2.72. The monoisotopic (exact) mass is 565 g/mol. The van der Waals surface area contributed by atoms with Gasteiger partial charge in [0.2, 0.25) is 0 Å². The molecular formula is C21H43F6N2O4S2+.